The summed E-state index contributed by atoms with van der Waals surface area (Å²) in [5.41, 5.74) is 4.07. The zero-order valence-corrected chi connectivity index (χ0v) is 12.0. The number of anilines is 1. The van der Waals surface area contributed by atoms with Crippen LogP contribution < -0.4 is 5.32 Å². The van der Waals surface area contributed by atoms with Gasteiger partial charge in [0.05, 0.1) is 15.7 Å². The second-order valence-corrected chi connectivity index (χ2v) is 5.63. The van der Waals surface area contributed by atoms with E-state index in [9.17, 15) is 4.79 Å². The Morgan fingerprint density at radius 1 is 1.35 bits per heavy atom. The Kier molecular flexibility index (Phi) is 3.23. The van der Waals surface area contributed by atoms with Crippen molar-refractivity contribution in [3.05, 3.63) is 41.7 Å². The molecule has 5 nitrogen and oxygen atoms in total. The van der Waals surface area contributed by atoms with Gasteiger partial charge in [0.1, 0.15) is 5.69 Å². The largest absolute Gasteiger partial charge is 0.321 e. The van der Waals surface area contributed by atoms with E-state index < -0.39 is 0 Å². The summed E-state index contributed by atoms with van der Waals surface area (Å²) in [5, 5.41) is 7.07. The normalized spacial score (nSPS) is 11.2. The molecule has 1 amide bonds. The maximum Gasteiger partial charge on any atom is 0.273 e. The van der Waals surface area contributed by atoms with Crippen LogP contribution >= 0.6 is 11.3 Å². The summed E-state index contributed by atoms with van der Waals surface area (Å²) in [4.78, 5) is 16.5. The van der Waals surface area contributed by atoms with Crippen molar-refractivity contribution in [1.82, 2.24) is 14.8 Å². The number of fused-ring (bicyclic) bond motifs is 1. The Morgan fingerprint density at radius 2 is 2.20 bits per heavy atom. The first-order valence-electron chi connectivity index (χ1n) is 6.33. The molecular formula is C14H14N4OS. The van der Waals surface area contributed by atoms with Gasteiger partial charge in [0.2, 0.25) is 0 Å². The number of benzene rings is 1. The number of carbonyl (C=O) groups is 1. The highest BCUT2D eigenvalue weighted by Gasteiger charge is 2.14. The molecule has 6 heteroatoms. The van der Waals surface area contributed by atoms with E-state index in [1.165, 1.54) is 0 Å². The molecule has 0 bridgehead atoms. The zero-order chi connectivity index (χ0) is 14.1. The smallest absolute Gasteiger partial charge is 0.273 e. The third-order valence-corrected chi connectivity index (χ3v) is 3.77. The van der Waals surface area contributed by atoms with Gasteiger partial charge in [-0.1, -0.05) is 0 Å². The highest BCUT2D eigenvalue weighted by atomic mass is 32.1. The van der Waals surface area contributed by atoms with Gasteiger partial charge in [-0.05, 0) is 38.1 Å². The van der Waals surface area contributed by atoms with Gasteiger partial charge in [0.15, 0.2) is 0 Å². The predicted molar refractivity (Wildman–Crippen MR) is 80.2 cm³/mol. The molecule has 1 aromatic carbocycles. The molecule has 0 atom stereocenters. The van der Waals surface area contributed by atoms with Crippen molar-refractivity contribution in [2.75, 3.05) is 5.32 Å². The monoisotopic (exact) mass is 286 g/mol. The average molecular weight is 286 g/mol. The molecular weight excluding hydrogens is 272 g/mol. The van der Waals surface area contributed by atoms with Gasteiger partial charge in [-0.3, -0.25) is 9.48 Å². The number of thiazole rings is 1. The van der Waals surface area contributed by atoms with E-state index in [0.29, 0.717) is 5.69 Å². The number of nitrogens with one attached hydrogen (secondary N) is 1. The molecule has 0 saturated heterocycles. The Morgan fingerprint density at radius 3 is 3.00 bits per heavy atom. The minimum atomic E-state index is -0.153. The van der Waals surface area contributed by atoms with Crippen LogP contribution in [0, 0.1) is 0 Å². The van der Waals surface area contributed by atoms with Gasteiger partial charge in [-0.25, -0.2) is 4.98 Å². The summed E-state index contributed by atoms with van der Waals surface area (Å²) in [5.74, 6) is -0.153. The van der Waals surface area contributed by atoms with Crippen LogP contribution in [-0.2, 0) is 0 Å². The van der Waals surface area contributed by atoms with Gasteiger partial charge in [-0.15, -0.1) is 11.3 Å². The lowest BCUT2D eigenvalue weighted by Gasteiger charge is -2.11. The molecule has 0 fully saturated rings. The van der Waals surface area contributed by atoms with Crippen LogP contribution in [0.4, 0.5) is 5.69 Å². The van der Waals surface area contributed by atoms with Gasteiger partial charge >= 0.3 is 0 Å². The van der Waals surface area contributed by atoms with Gasteiger partial charge in [0.25, 0.3) is 5.91 Å². The molecule has 3 rings (SSSR count). The highest BCUT2D eigenvalue weighted by Crippen LogP contribution is 2.22. The third-order valence-electron chi connectivity index (χ3n) is 2.98. The first-order chi connectivity index (χ1) is 9.65. The molecule has 0 aliphatic rings. The van der Waals surface area contributed by atoms with Crippen molar-refractivity contribution >= 4 is 33.1 Å². The standard InChI is InChI=1S/C14H14N4OS/c1-9(2)18-12(5-6-16-18)14(19)17-10-3-4-11-13(7-10)20-8-15-11/h3-9H,1-2H3,(H,17,19). The van der Waals surface area contributed by atoms with Crippen molar-refractivity contribution in [2.45, 2.75) is 19.9 Å². The van der Waals surface area contributed by atoms with Crippen LogP contribution in [0.3, 0.4) is 0 Å². The van der Waals surface area contributed by atoms with E-state index in [1.54, 1.807) is 33.8 Å². The fourth-order valence-corrected chi connectivity index (χ4v) is 2.75. The fourth-order valence-electron chi connectivity index (χ4n) is 2.03. The molecule has 2 heterocycles. The summed E-state index contributed by atoms with van der Waals surface area (Å²) < 4.78 is 2.76. The van der Waals surface area contributed by atoms with E-state index in [0.717, 1.165) is 15.9 Å². The van der Waals surface area contributed by atoms with Crippen LogP contribution in [0.25, 0.3) is 10.2 Å². The van der Waals surface area contributed by atoms with Crippen molar-refractivity contribution in [3.8, 4) is 0 Å². The maximum atomic E-state index is 12.3. The van der Waals surface area contributed by atoms with Crippen LogP contribution in [-0.4, -0.2) is 20.7 Å². The SMILES string of the molecule is CC(C)n1nccc1C(=O)Nc1ccc2ncsc2c1. The quantitative estimate of drug-likeness (QED) is 0.803. The van der Waals surface area contributed by atoms with E-state index in [2.05, 4.69) is 15.4 Å². The Balaban J connectivity index is 1.86. The van der Waals surface area contributed by atoms with Crippen molar-refractivity contribution in [3.63, 3.8) is 0 Å². The summed E-state index contributed by atoms with van der Waals surface area (Å²) in [7, 11) is 0. The summed E-state index contributed by atoms with van der Waals surface area (Å²) in [6.07, 6.45) is 1.64. The first kappa shape index (κ1) is 12.8. The highest BCUT2D eigenvalue weighted by molar-refractivity contribution is 7.16. The fraction of sp³-hybridized carbons (Fsp3) is 0.214. The summed E-state index contributed by atoms with van der Waals surface area (Å²) in [6.45, 7) is 3.99. The minimum Gasteiger partial charge on any atom is -0.321 e. The van der Waals surface area contributed by atoms with Gasteiger partial charge < -0.3 is 5.32 Å². The number of aromatic nitrogens is 3. The second-order valence-electron chi connectivity index (χ2n) is 4.74. The lowest BCUT2D eigenvalue weighted by atomic mass is 10.3. The molecule has 2 aromatic heterocycles. The van der Waals surface area contributed by atoms with Crippen LogP contribution in [0.1, 0.15) is 30.4 Å². The maximum absolute atomic E-state index is 12.3. The van der Waals surface area contributed by atoms with Crippen molar-refractivity contribution < 1.29 is 4.79 Å². The second kappa shape index (κ2) is 5.05. The lowest BCUT2D eigenvalue weighted by molar-refractivity contribution is 0.101. The third kappa shape index (κ3) is 2.30. The topological polar surface area (TPSA) is 59.8 Å². The minimum absolute atomic E-state index is 0.148. The molecule has 1 N–H and O–H groups in total. The molecule has 0 saturated carbocycles. The van der Waals surface area contributed by atoms with Crippen LogP contribution in [0.2, 0.25) is 0 Å². The van der Waals surface area contributed by atoms with Crippen LogP contribution in [0.5, 0.6) is 0 Å². The van der Waals surface area contributed by atoms with E-state index >= 15 is 0 Å². The number of hydrogen-bond donors (Lipinski definition) is 1. The van der Waals surface area contributed by atoms with Crippen molar-refractivity contribution in [1.29, 1.82) is 0 Å². The van der Waals surface area contributed by atoms with Gasteiger partial charge in [-0.2, -0.15) is 5.10 Å². The zero-order valence-electron chi connectivity index (χ0n) is 11.2. The number of amides is 1. The molecule has 0 unspecified atom stereocenters. The van der Waals surface area contributed by atoms with E-state index in [-0.39, 0.29) is 11.9 Å². The number of hydrogen-bond acceptors (Lipinski definition) is 4. The molecule has 0 radical (unpaired) electrons. The molecule has 0 spiro atoms. The number of nitrogens with zero attached hydrogens (tertiary/aromatic N) is 3. The Bertz CT molecular complexity index is 759. The van der Waals surface area contributed by atoms with E-state index in [4.69, 9.17) is 0 Å². The molecule has 20 heavy (non-hydrogen) atoms. The van der Waals surface area contributed by atoms with Crippen LogP contribution in [0.15, 0.2) is 36.0 Å². The molecule has 0 aliphatic carbocycles. The number of rotatable bonds is 3. The van der Waals surface area contributed by atoms with E-state index in [1.807, 2.05) is 32.0 Å². The molecule has 102 valence electrons. The molecule has 3 aromatic rings. The molecule has 0 aliphatic heterocycles. The van der Waals surface area contributed by atoms with Gasteiger partial charge in [0, 0.05) is 17.9 Å². The predicted octanol–water partition coefficient (Wildman–Crippen LogP) is 3.33. The summed E-state index contributed by atoms with van der Waals surface area (Å²) >= 11 is 1.55. The Hall–Kier alpha value is -2.21. The first-order valence-corrected chi connectivity index (χ1v) is 7.21. The number of carbonyl (C=O) groups excluding carboxylic acids is 1. The Labute approximate surface area is 120 Å². The average Bonchev–Trinajstić information content (AvgIpc) is 3.06. The lowest BCUT2D eigenvalue weighted by Crippen LogP contribution is -2.18. The van der Waals surface area contributed by atoms with Crippen molar-refractivity contribution in [2.24, 2.45) is 0 Å². The summed E-state index contributed by atoms with van der Waals surface area (Å²) in [6, 6.07) is 7.56.